The van der Waals surface area contributed by atoms with Crippen molar-refractivity contribution in [3.8, 4) is 5.75 Å². The van der Waals surface area contributed by atoms with Crippen LogP contribution in [0.4, 0.5) is 5.69 Å². The summed E-state index contributed by atoms with van der Waals surface area (Å²) in [7, 11) is -2.02. The molecule has 0 radical (unpaired) electrons. The molecule has 38 heavy (non-hydrogen) atoms. The van der Waals surface area contributed by atoms with E-state index in [1.807, 2.05) is 36.4 Å². The molecule has 0 unspecified atom stereocenters. The summed E-state index contributed by atoms with van der Waals surface area (Å²) in [6.07, 6.45) is 8.01. The second kappa shape index (κ2) is 12.9. The van der Waals surface area contributed by atoms with Crippen molar-refractivity contribution >= 4 is 55.2 Å². The van der Waals surface area contributed by atoms with Gasteiger partial charge >= 0.3 is 0 Å². The fourth-order valence-corrected chi connectivity index (χ4v) is 6.47. The number of nitrogens with zero attached hydrogens (tertiary/aromatic N) is 1. The molecule has 3 aromatic rings. The van der Waals surface area contributed by atoms with Crippen LogP contribution in [0.3, 0.4) is 0 Å². The molecular formula is C29H30BrClN2O4S. The lowest BCUT2D eigenvalue weighted by molar-refractivity contribution is -0.111. The molecule has 0 heterocycles. The summed E-state index contributed by atoms with van der Waals surface area (Å²) in [4.78, 5) is 12.9. The lowest BCUT2D eigenvalue weighted by Gasteiger charge is -2.30. The molecule has 1 aliphatic carbocycles. The van der Waals surface area contributed by atoms with Gasteiger partial charge in [-0.25, -0.2) is 8.42 Å². The van der Waals surface area contributed by atoms with Crippen molar-refractivity contribution in [3.63, 3.8) is 0 Å². The molecule has 1 fully saturated rings. The highest BCUT2D eigenvalue weighted by molar-refractivity contribution is 9.10. The zero-order valence-electron chi connectivity index (χ0n) is 21.1. The Morgan fingerprint density at radius 2 is 1.84 bits per heavy atom. The van der Waals surface area contributed by atoms with Gasteiger partial charge in [-0.3, -0.25) is 4.79 Å². The monoisotopic (exact) mass is 616 g/mol. The van der Waals surface area contributed by atoms with Crippen molar-refractivity contribution in [1.29, 1.82) is 0 Å². The average Bonchev–Trinajstić information content (AvgIpc) is 2.92. The van der Waals surface area contributed by atoms with E-state index in [1.165, 1.54) is 16.4 Å². The van der Waals surface area contributed by atoms with E-state index in [-0.39, 0.29) is 17.5 Å². The first-order valence-corrected chi connectivity index (χ1v) is 15.1. The van der Waals surface area contributed by atoms with Gasteiger partial charge in [-0.2, -0.15) is 4.31 Å². The number of nitrogens with one attached hydrogen (secondary N) is 1. The molecule has 1 aliphatic rings. The highest BCUT2D eigenvalue weighted by atomic mass is 79.9. The maximum absolute atomic E-state index is 13.2. The van der Waals surface area contributed by atoms with E-state index in [4.69, 9.17) is 16.3 Å². The number of benzene rings is 3. The highest BCUT2D eigenvalue weighted by Gasteiger charge is 2.29. The van der Waals surface area contributed by atoms with Crippen LogP contribution >= 0.6 is 27.5 Å². The first-order chi connectivity index (χ1) is 18.2. The normalized spacial score (nSPS) is 14.6. The fraction of sp³-hybridized carbons (Fsp3) is 0.276. The Kier molecular flexibility index (Phi) is 9.65. The second-order valence-corrected chi connectivity index (χ2v) is 12.5. The van der Waals surface area contributed by atoms with E-state index >= 15 is 0 Å². The van der Waals surface area contributed by atoms with Gasteiger partial charge in [0.15, 0.2) is 0 Å². The maximum Gasteiger partial charge on any atom is 0.248 e. The Bertz CT molecular complexity index is 1420. The van der Waals surface area contributed by atoms with Gasteiger partial charge in [-0.1, -0.05) is 71.1 Å². The molecule has 1 amide bonds. The molecule has 0 saturated heterocycles. The minimum absolute atomic E-state index is 0.00876. The predicted molar refractivity (Wildman–Crippen MR) is 156 cm³/mol. The topological polar surface area (TPSA) is 75.7 Å². The van der Waals surface area contributed by atoms with Crippen molar-refractivity contribution in [2.24, 2.45) is 0 Å². The largest absolute Gasteiger partial charge is 0.488 e. The summed E-state index contributed by atoms with van der Waals surface area (Å²) in [6.45, 7) is 0.283. The Balaban J connectivity index is 1.44. The molecule has 0 spiro atoms. The lowest BCUT2D eigenvalue weighted by Crippen LogP contribution is -2.38. The highest BCUT2D eigenvalue weighted by Crippen LogP contribution is 2.28. The Labute approximate surface area is 237 Å². The van der Waals surface area contributed by atoms with Gasteiger partial charge < -0.3 is 10.1 Å². The average molecular weight is 618 g/mol. The molecule has 1 saturated carbocycles. The van der Waals surface area contributed by atoms with Gasteiger partial charge in [0.2, 0.25) is 15.9 Å². The number of ether oxygens (including phenoxy) is 1. The van der Waals surface area contributed by atoms with Crippen LogP contribution in [0, 0.1) is 0 Å². The zero-order chi connectivity index (χ0) is 27.1. The summed E-state index contributed by atoms with van der Waals surface area (Å²) in [5, 5.41) is 3.38. The van der Waals surface area contributed by atoms with Crippen LogP contribution in [0.25, 0.3) is 6.08 Å². The van der Waals surface area contributed by atoms with E-state index in [0.717, 1.165) is 42.1 Å². The van der Waals surface area contributed by atoms with Gasteiger partial charge in [-0.05, 0) is 61.4 Å². The number of amides is 1. The van der Waals surface area contributed by atoms with E-state index < -0.39 is 15.9 Å². The summed E-state index contributed by atoms with van der Waals surface area (Å²) in [5.74, 6) is 0.202. The summed E-state index contributed by atoms with van der Waals surface area (Å²) in [6, 6.07) is 19.3. The molecule has 3 aromatic carbocycles. The first kappa shape index (κ1) is 28.4. The van der Waals surface area contributed by atoms with Crippen molar-refractivity contribution in [2.45, 2.75) is 49.6 Å². The van der Waals surface area contributed by atoms with Gasteiger partial charge in [-0.15, -0.1) is 0 Å². The molecule has 1 N–H and O–H groups in total. The zero-order valence-corrected chi connectivity index (χ0v) is 24.2. The number of halogens is 2. The Morgan fingerprint density at radius 3 is 2.61 bits per heavy atom. The minimum atomic E-state index is -3.66. The predicted octanol–water partition coefficient (Wildman–Crippen LogP) is 7.29. The molecule has 0 bridgehead atoms. The van der Waals surface area contributed by atoms with Crippen molar-refractivity contribution in [2.75, 3.05) is 12.4 Å². The quantitative estimate of drug-likeness (QED) is 0.256. The van der Waals surface area contributed by atoms with Crippen LogP contribution in [-0.2, 0) is 21.4 Å². The van der Waals surface area contributed by atoms with E-state index in [2.05, 4.69) is 21.2 Å². The van der Waals surface area contributed by atoms with Crippen LogP contribution in [0.2, 0.25) is 5.02 Å². The fourth-order valence-electron chi connectivity index (χ4n) is 4.44. The molecule has 0 aliphatic heterocycles. The van der Waals surface area contributed by atoms with E-state index in [1.54, 1.807) is 37.4 Å². The number of anilines is 1. The first-order valence-electron chi connectivity index (χ1n) is 12.5. The summed E-state index contributed by atoms with van der Waals surface area (Å²) < 4.78 is 34.7. The smallest absolute Gasteiger partial charge is 0.248 e. The van der Waals surface area contributed by atoms with Gasteiger partial charge in [0.25, 0.3) is 0 Å². The van der Waals surface area contributed by atoms with Crippen molar-refractivity contribution < 1.29 is 17.9 Å². The van der Waals surface area contributed by atoms with Gasteiger partial charge in [0.1, 0.15) is 12.4 Å². The molecule has 6 nitrogen and oxygen atoms in total. The number of carbonyl (C=O) groups excluding carboxylic acids is 1. The summed E-state index contributed by atoms with van der Waals surface area (Å²) >= 11 is 9.70. The Morgan fingerprint density at radius 1 is 1.08 bits per heavy atom. The number of rotatable bonds is 9. The lowest BCUT2D eigenvalue weighted by atomic mass is 9.96. The van der Waals surface area contributed by atoms with E-state index in [0.29, 0.717) is 22.0 Å². The molecule has 4 rings (SSSR count). The maximum atomic E-state index is 13.2. The number of hydrogen-bond acceptors (Lipinski definition) is 4. The second-order valence-electron chi connectivity index (χ2n) is 9.23. The van der Waals surface area contributed by atoms with Crippen LogP contribution in [0.1, 0.15) is 43.2 Å². The number of sulfonamides is 1. The van der Waals surface area contributed by atoms with Gasteiger partial charge in [0, 0.05) is 45.5 Å². The van der Waals surface area contributed by atoms with Crippen LogP contribution < -0.4 is 10.1 Å². The van der Waals surface area contributed by atoms with Gasteiger partial charge in [0.05, 0.1) is 4.90 Å². The standard InChI is InChI=1S/C29H30BrClN2O4S/c1-33(25-10-3-2-4-11-25)38(35,36)26-12-7-9-24(19-26)32-29(34)17-14-21-18-23(30)15-16-28(21)37-20-22-8-5-6-13-27(22)31/h5-9,12-19,25H,2-4,10-11,20H2,1H3,(H,32,34)/b17-14+. The Hall–Kier alpha value is -2.65. The SMILES string of the molecule is CN(C1CCCCC1)S(=O)(=O)c1cccc(NC(=O)/C=C/c2cc(Br)ccc2OCc2ccccc2Cl)c1. The molecular weight excluding hydrogens is 588 g/mol. The number of hydrogen-bond donors (Lipinski definition) is 1. The molecule has 200 valence electrons. The third-order valence-electron chi connectivity index (χ3n) is 6.59. The van der Waals surface area contributed by atoms with E-state index in [9.17, 15) is 13.2 Å². The van der Waals surface area contributed by atoms with Crippen LogP contribution in [-0.4, -0.2) is 31.7 Å². The summed E-state index contributed by atoms with van der Waals surface area (Å²) in [5.41, 5.74) is 1.96. The minimum Gasteiger partial charge on any atom is -0.488 e. The van der Waals surface area contributed by atoms with Crippen LogP contribution in [0.15, 0.2) is 82.2 Å². The van der Waals surface area contributed by atoms with Crippen molar-refractivity contribution in [1.82, 2.24) is 4.31 Å². The third kappa shape index (κ3) is 7.26. The molecule has 0 atom stereocenters. The number of carbonyl (C=O) groups is 1. The third-order valence-corrected chi connectivity index (χ3v) is 9.36. The van der Waals surface area contributed by atoms with Crippen LogP contribution in [0.5, 0.6) is 5.75 Å². The van der Waals surface area contributed by atoms with Crippen molar-refractivity contribution in [3.05, 3.63) is 93.4 Å². The molecule has 0 aromatic heterocycles. The molecule has 9 heteroatoms.